The van der Waals surface area contributed by atoms with Crippen LogP contribution in [0.3, 0.4) is 0 Å². The van der Waals surface area contributed by atoms with Crippen LogP contribution in [-0.4, -0.2) is 45.7 Å². The van der Waals surface area contributed by atoms with Crippen LogP contribution < -0.4 is 15.1 Å². The predicted octanol–water partition coefficient (Wildman–Crippen LogP) is 1.75. The third-order valence-corrected chi connectivity index (χ3v) is 5.88. The van der Waals surface area contributed by atoms with E-state index >= 15 is 0 Å². The highest BCUT2D eigenvalue weighted by atomic mass is 16.5. The van der Waals surface area contributed by atoms with Crippen molar-refractivity contribution in [3.63, 3.8) is 0 Å². The molecule has 2 N–H and O–H groups in total. The van der Waals surface area contributed by atoms with E-state index in [9.17, 15) is 9.59 Å². The molecule has 31 heavy (non-hydrogen) atoms. The lowest BCUT2D eigenvalue weighted by Gasteiger charge is -2.33. The Labute approximate surface area is 185 Å². The molecule has 0 spiro atoms. The minimum Gasteiger partial charge on any atom is -0.455 e. The van der Waals surface area contributed by atoms with Crippen LogP contribution in [0.2, 0.25) is 0 Å². The van der Waals surface area contributed by atoms with Crippen LogP contribution in [0.5, 0.6) is 0 Å². The van der Waals surface area contributed by atoms with E-state index in [1.165, 1.54) is 21.6 Å². The van der Waals surface area contributed by atoms with Crippen molar-refractivity contribution >= 4 is 17.6 Å². The number of nitrogens with zero attached hydrogens (tertiary/aromatic N) is 1. The van der Waals surface area contributed by atoms with Crippen molar-refractivity contribution < 1.29 is 19.2 Å². The second-order valence-electron chi connectivity index (χ2n) is 8.71. The zero-order valence-corrected chi connectivity index (χ0v) is 19.0. The number of nitrogens with one attached hydrogen (secondary N) is 2. The summed E-state index contributed by atoms with van der Waals surface area (Å²) in [5.74, 6) is -0.862. The lowest BCUT2D eigenvalue weighted by Crippen LogP contribution is -3.12. The zero-order valence-electron chi connectivity index (χ0n) is 19.0. The van der Waals surface area contributed by atoms with Gasteiger partial charge in [-0.15, -0.1) is 0 Å². The minimum absolute atomic E-state index is 0.120. The van der Waals surface area contributed by atoms with Gasteiger partial charge < -0.3 is 19.9 Å². The number of benzene rings is 2. The molecule has 1 aliphatic heterocycles. The van der Waals surface area contributed by atoms with Crippen molar-refractivity contribution in [2.45, 2.75) is 32.9 Å². The van der Waals surface area contributed by atoms with E-state index in [4.69, 9.17) is 4.74 Å². The van der Waals surface area contributed by atoms with Gasteiger partial charge in [0.05, 0.1) is 19.0 Å². The second kappa shape index (κ2) is 10.4. The number of amides is 1. The van der Waals surface area contributed by atoms with Gasteiger partial charge >= 0.3 is 5.97 Å². The maximum atomic E-state index is 12.3. The number of quaternary nitrogens is 1. The van der Waals surface area contributed by atoms with E-state index in [0.717, 1.165) is 25.2 Å². The number of carbonyl (C=O) groups excluding carboxylic acids is 2. The second-order valence-corrected chi connectivity index (χ2v) is 8.71. The first-order chi connectivity index (χ1) is 14.8. The minimum atomic E-state index is -0.357. The summed E-state index contributed by atoms with van der Waals surface area (Å²) in [6.07, 6.45) is 1.03. The first-order valence-electron chi connectivity index (χ1n) is 11.0. The third kappa shape index (κ3) is 6.07. The van der Waals surface area contributed by atoms with Crippen LogP contribution in [0.1, 0.15) is 36.6 Å². The highest BCUT2D eigenvalue weighted by Gasteiger charge is 2.29. The molecule has 1 heterocycles. The maximum absolute atomic E-state index is 12.3. The molecule has 2 atom stereocenters. The number of rotatable bonds is 8. The molecule has 6 nitrogen and oxygen atoms in total. The van der Waals surface area contributed by atoms with Gasteiger partial charge in [-0.1, -0.05) is 50.2 Å². The fourth-order valence-electron chi connectivity index (χ4n) is 3.97. The summed E-state index contributed by atoms with van der Waals surface area (Å²) in [6, 6.07) is 17.2. The van der Waals surface area contributed by atoms with Gasteiger partial charge in [0.15, 0.2) is 6.61 Å². The van der Waals surface area contributed by atoms with Gasteiger partial charge in [0.2, 0.25) is 0 Å². The average molecular weight is 425 g/mol. The Kier molecular flexibility index (Phi) is 7.69. The first kappa shape index (κ1) is 22.8. The van der Waals surface area contributed by atoms with E-state index in [1.807, 2.05) is 14.1 Å². The molecule has 3 rings (SSSR count). The summed E-state index contributed by atoms with van der Waals surface area (Å²) in [7, 11) is 4.05. The van der Waals surface area contributed by atoms with Crippen molar-refractivity contribution in [3.05, 3.63) is 65.2 Å². The number of fused-ring (bicyclic) bond motifs is 1. The average Bonchev–Trinajstić information content (AvgIpc) is 2.77. The molecule has 0 saturated carbocycles. The normalized spacial score (nSPS) is 16.4. The number of carbonyl (C=O) groups is 2. The zero-order chi connectivity index (χ0) is 22.4. The van der Waals surface area contributed by atoms with Crippen LogP contribution in [0.4, 0.5) is 5.69 Å². The smallest absolute Gasteiger partial charge is 0.308 e. The summed E-state index contributed by atoms with van der Waals surface area (Å²) >= 11 is 0. The Morgan fingerprint density at radius 1 is 1.06 bits per heavy atom. The summed E-state index contributed by atoms with van der Waals surface area (Å²) in [6.45, 7) is 5.71. The van der Waals surface area contributed by atoms with Crippen molar-refractivity contribution in [1.29, 1.82) is 0 Å². The van der Waals surface area contributed by atoms with E-state index in [1.54, 1.807) is 13.8 Å². The predicted molar refractivity (Wildman–Crippen MR) is 122 cm³/mol. The molecule has 0 aliphatic carbocycles. The molecule has 166 valence electrons. The van der Waals surface area contributed by atoms with Crippen LogP contribution in [-0.2, 0) is 27.3 Å². The maximum Gasteiger partial charge on any atom is 0.308 e. The highest BCUT2D eigenvalue weighted by molar-refractivity contribution is 5.81. The van der Waals surface area contributed by atoms with Gasteiger partial charge in [0.25, 0.3) is 5.91 Å². The van der Waals surface area contributed by atoms with E-state index in [0.29, 0.717) is 6.54 Å². The molecule has 6 heteroatoms. The summed E-state index contributed by atoms with van der Waals surface area (Å²) in [4.78, 5) is 27.5. The molecule has 0 saturated heterocycles. The van der Waals surface area contributed by atoms with Crippen LogP contribution in [0.25, 0.3) is 0 Å². The summed E-state index contributed by atoms with van der Waals surface area (Å²) < 4.78 is 5.07. The Morgan fingerprint density at radius 2 is 1.74 bits per heavy atom. The monoisotopic (exact) mass is 424 g/mol. The van der Waals surface area contributed by atoms with Crippen molar-refractivity contribution in [3.8, 4) is 0 Å². The number of hydrogen-bond donors (Lipinski definition) is 2. The largest absolute Gasteiger partial charge is 0.455 e. The van der Waals surface area contributed by atoms with Gasteiger partial charge in [0.1, 0.15) is 12.6 Å². The van der Waals surface area contributed by atoms with E-state index in [2.05, 4.69) is 58.7 Å². The van der Waals surface area contributed by atoms with Gasteiger partial charge in [-0.25, -0.2) is 0 Å². The SMILES string of the molecule is CC(C)C(=O)OCC(=O)NC[C@@H](c1ccc(N(C)C)cc1)[NH+]1CCc2ccccc2C1. The molecular weight excluding hydrogens is 390 g/mol. The number of hydrogen-bond acceptors (Lipinski definition) is 4. The molecule has 1 aliphatic rings. The Bertz CT molecular complexity index is 893. The fourth-order valence-corrected chi connectivity index (χ4v) is 3.97. The number of ether oxygens (including phenoxy) is 1. The van der Waals surface area contributed by atoms with Crippen LogP contribution in [0, 0.1) is 5.92 Å². The molecule has 0 bridgehead atoms. The highest BCUT2D eigenvalue weighted by Crippen LogP contribution is 2.18. The Hall–Kier alpha value is -2.86. The van der Waals surface area contributed by atoms with Gasteiger partial charge in [-0.2, -0.15) is 0 Å². The van der Waals surface area contributed by atoms with Gasteiger partial charge in [0, 0.05) is 37.3 Å². The van der Waals surface area contributed by atoms with Crippen molar-refractivity contribution in [2.24, 2.45) is 5.92 Å². The molecular formula is C25H34N3O3+. The van der Waals surface area contributed by atoms with E-state index in [-0.39, 0.29) is 30.4 Å². The lowest BCUT2D eigenvalue weighted by molar-refractivity contribution is -0.945. The molecule has 0 fully saturated rings. The van der Waals surface area contributed by atoms with Crippen molar-refractivity contribution in [2.75, 3.05) is 38.7 Å². The van der Waals surface area contributed by atoms with Crippen LogP contribution >= 0.6 is 0 Å². The lowest BCUT2D eigenvalue weighted by atomic mass is 9.96. The summed E-state index contributed by atoms with van der Waals surface area (Å²) in [5.41, 5.74) is 5.12. The van der Waals surface area contributed by atoms with Gasteiger partial charge in [-0.3, -0.25) is 9.59 Å². The molecule has 1 unspecified atom stereocenters. The first-order valence-corrected chi connectivity index (χ1v) is 11.0. The van der Waals surface area contributed by atoms with Crippen LogP contribution in [0.15, 0.2) is 48.5 Å². The summed E-state index contributed by atoms with van der Waals surface area (Å²) in [5, 5.41) is 2.99. The number of anilines is 1. The Balaban J connectivity index is 1.72. The molecule has 2 aromatic rings. The standard InChI is InChI=1S/C25H33N3O3/c1-18(2)25(30)31-17-24(29)26-15-23(20-9-11-22(12-10-20)27(3)4)28-14-13-19-7-5-6-8-21(19)16-28/h5-12,18,23H,13-17H2,1-4H3,(H,26,29)/p+1/t23-/m0/s1. The molecule has 0 aromatic heterocycles. The van der Waals surface area contributed by atoms with E-state index < -0.39 is 0 Å². The molecule has 1 amide bonds. The molecule has 0 radical (unpaired) electrons. The quantitative estimate of drug-likeness (QED) is 0.634. The fraction of sp³-hybridized carbons (Fsp3) is 0.440. The van der Waals surface area contributed by atoms with Gasteiger partial charge in [-0.05, 0) is 17.7 Å². The Morgan fingerprint density at radius 3 is 2.39 bits per heavy atom. The third-order valence-electron chi connectivity index (χ3n) is 5.88. The van der Waals surface area contributed by atoms with Crippen molar-refractivity contribution in [1.82, 2.24) is 5.32 Å². The topological polar surface area (TPSA) is 63.1 Å². The molecule has 2 aromatic carbocycles. The number of esters is 1.